The fourth-order valence-corrected chi connectivity index (χ4v) is 3.42. The lowest BCUT2D eigenvalue weighted by molar-refractivity contribution is -0.136. The zero-order chi connectivity index (χ0) is 20.3. The third-order valence-corrected chi connectivity index (χ3v) is 4.98. The number of nitrogens with one attached hydrogen (secondary N) is 2. The molecule has 0 saturated heterocycles. The third-order valence-electron chi connectivity index (χ3n) is 4.98. The van der Waals surface area contributed by atoms with E-state index >= 15 is 0 Å². The number of aryl methyl sites for hydroxylation is 2. The summed E-state index contributed by atoms with van der Waals surface area (Å²) in [5.41, 5.74) is 2.86. The van der Waals surface area contributed by atoms with Gasteiger partial charge in [-0.3, -0.25) is 9.59 Å². The van der Waals surface area contributed by atoms with Gasteiger partial charge in [0, 0.05) is 0 Å². The smallest absolute Gasteiger partial charge is 0.313 e. The van der Waals surface area contributed by atoms with Crippen LogP contribution in [0.2, 0.25) is 0 Å². The number of rotatable bonds is 4. The SMILES string of the molecule is CCC(NC(=O)C(=O)Nc1ccc(F)c(F)c1F)c1ccc2c(c1)CCCC2. The van der Waals surface area contributed by atoms with E-state index in [9.17, 15) is 22.8 Å². The van der Waals surface area contributed by atoms with Crippen LogP contribution in [-0.2, 0) is 22.4 Å². The van der Waals surface area contributed by atoms with Crippen molar-refractivity contribution in [3.63, 3.8) is 0 Å². The van der Waals surface area contributed by atoms with E-state index in [-0.39, 0.29) is 6.04 Å². The van der Waals surface area contributed by atoms with Crippen LogP contribution in [0.1, 0.15) is 48.9 Å². The number of hydrogen-bond acceptors (Lipinski definition) is 2. The molecule has 148 valence electrons. The normalized spacial score (nSPS) is 14.1. The Kier molecular flexibility index (Phi) is 6.02. The third kappa shape index (κ3) is 4.18. The van der Waals surface area contributed by atoms with Gasteiger partial charge in [-0.2, -0.15) is 0 Å². The summed E-state index contributed by atoms with van der Waals surface area (Å²) in [5, 5.41) is 4.59. The molecule has 2 aromatic carbocycles. The number of carbonyl (C=O) groups excluding carboxylic acids is 2. The van der Waals surface area contributed by atoms with E-state index in [4.69, 9.17) is 0 Å². The molecule has 2 aromatic rings. The number of carbonyl (C=O) groups is 2. The van der Waals surface area contributed by atoms with Crippen molar-refractivity contribution >= 4 is 17.5 Å². The molecular formula is C21H21F3N2O2. The molecule has 3 rings (SSSR count). The maximum atomic E-state index is 13.7. The van der Waals surface area contributed by atoms with Crippen LogP contribution in [0.5, 0.6) is 0 Å². The van der Waals surface area contributed by atoms with Crippen LogP contribution in [0.25, 0.3) is 0 Å². The van der Waals surface area contributed by atoms with E-state index in [0.29, 0.717) is 12.5 Å². The highest BCUT2D eigenvalue weighted by molar-refractivity contribution is 6.39. The van der Waals surface area contributed by atoms with Crippen molar-refractivity contribution in [2.75, 3.05) is 5.32 Å². The maximum Gasteiger partial charge on any atom is 0.313 e. The van der Waals surface area contributed by atoms with Gasteiger partial charge in [0.05, 0.1) is 11.7 Å². The number of amides is 2. The van der Waals surface area contributed by atoms with Gasteiger partial charge in [-0.15, -0.1) is 0 Å². The number of anilines is 1. The summed E-state index contributed by atoms with van der Waals surface area (Å²) in [7, 11) is 0. The number of fused-ring (bicyclic) bond motifs is 1. The predicted octanol–water partition coefficient (Wildman–Crippen LogP) is 4.19. The van der Waals surface area contributed by atoms with E-state index in [1.54, 1.807) is 0 Å². The molecule has 0 heterocycles. The van der Waals surface area contributed by atoms with Gasteiger partial charge in [0.2, 0.25) is 0 Å². The Morgan fingerprint density at radius 2 is 1.68 bits per heavy atom. The number of benzene rings is 2. The molecule has 2 N–H and O–H groups in total. The molecule has 0 radical (unpaired) electrons. The van der Waals surface area contributed by atoms with Crippen LogP contribution < -0.4 is 10.6 Å². The average molecular weight is 390 g/mol. The minimum atomic E-state index is -1.71. The first-order valence-electron chi connectivity index (χ1n) is 9.27. The summed E-state index contributed by atoms with van der Waals surface area (Å²) in [6, 6.07) is 7.19. The second-order valence-electron chi connectivity index (χ2n) is 6.85. The maximum absolute atomic E-state index is 13.7. The van der Waals surface area contributed by atoms with Crippen LogP contribution in [-0.4, -0.2) is 11.8 Å². The van der Waals surface area contributed by atoms with Crippen molar-refractivity contribution < 1.29 is 22.8 Å². The summed E-state index contributed by atoms with van der Waals surface area (Å²) >= 11 is 0. The highest BCUT2D eigenvalue weighted by atomic mass is 19.2. The molecule has 1 atom stereocenters. The lowest BCUT2D eigenvalue weighted by Gasteiger charge is -2.21. The first-order chi connectivity index (χ1) is 13.4. The summed E-state index contributed by atoms with van der Waals surface area (Å²) in [5.74, 6) is -6.77. The molecular weight excluding hydrogens is 369 g/mol. The van der Waals surface area contributed by atoms with Gasteiger partial charge in [0.1, 0.15) is 0 Å². The van der Waals surface area contributed by atoms with E-state index < -0.39 is 35.0 Å². The van der Waals surface area contributed by atoms with Crippen LogP contribution in [0.4, 0.5) is 18.9 Å². The lowest BCUT2D eigenvalue weighted by Crippen LogP contribution is -2.38. The molecule has 28 heavy (non-hydrogen) atoms. The van der Waals surface area contributed by atoms with E-state index in [1.165, 1.54) is 17.5 Å². The van der Waals surface area contributed by atoms with Gasteiger partial charge in [-0.05, 0) is 60.9 Å². The first-order valence-corrected chi connectivity index (χ1v) is 9.27. The van der Waals surface area contributed by atoms with Crippen LogP contribution in [0.15, 0.2) is 30.3 Å². The molecule has 0 saturated carbocycles. The zero-order valence-corrected chi connectivity index (χ0v) is 15.5. The molecule has 1 unspecified atom stereocenters. The predicted molar refractivity (Wildman–Crippen MR) is 99.2 cm³/mol. The van der Waals surface area contributed by atoms with Gasteiger partial charge in [0.15, 0.2) is 17.5 Å². The quantitative estimate of drug-likeness (QED) is 0.608. The molecule has 0 spiro atoms. The van der Waals surface area contributed by atoms with Gasteiger partial charge < -0.3 is 10.6 Å². The van der Waals surface area contributed by atoms with Crippen molar-refractivity contribution in [3.05, 3.63) is 64.5 Å². The van der Waals surface area contributed by atoms with Crippen molar-refractivity contribution in [3.8, 4) is 0 Å². The van der Waals surface area contributed by atoms with E-state index in [0.717, 1.165) is 30.9 Å². The average Bonchev–Trinajstić information content (AvgIpc) is 2.71. The molecule has 1 aliphatic carbocycles. The van der Waals surface area contributed by atoms with Gasteiger partial charge in [-0.25, -0.2) is 13.2 Å². The zero-order valence-electron chi connectivity index (χ0n) is 15.5. The summed E-state index contributed by atoms with van der Waals surface area (Å²) in [6.45, 7) is 1.87. The van der Waals surface area contributed by atoms with Crippen molar-refractivity contribution in [2.45, 2.75) is 45.1 Å². The van der Waals surface area contributed by atoms with Crippen LogP contribution >= 0.6 is 0 Å². The summed E-state index contributed by atoms with van der Waals surface area (Å²) in [4.78, 5) is 24.3. The first kappa shape index (κ1) is 19.9. The molecule has 0 bridgehead atoms. The summed E-state index contributed by atoms with van der Waals surface area (Å²) < 4.78 is 39.9. The molecule has 0 aromatic heterocycles. The molecule has 1 aliphatic rings. The highest BCUT2D eigenvalue weighted by Gasteiger charge is 2.22. The number of halogens is 3. The summed E-state index contributed by atoms with van der Waals surface area (Å²) in [6.07, 6.45) is 4.88. The fraction of sp³-hybridized carbons (Fsp3) is 0.333. The molecule has 0 aliphatic heterocycles. The second-order valence-corrected chi connectivity index (χ2v) is 6.85. The van der Waals surface area contributed by atoms with Gasteiger partial charge in [-0.1, -0.05) is 25.1 Å². The lowest BCUT2D eigenvalue weighted by atomic mass is 9.89. The van der Waals surface area contributed by atoms with Crippen molar-refractivity contribution in [1.82, 2.24) is 5.32 Å². The molecule has 7 heteroatoms. The van der Waals surface area contributed by atoms with E-state index in [1.807, 2.05) is 18.3 Å². The van der Waals surface area contributed by atoms with Gasteiger partial charge in [0.25, 0.3) is 0 Å². The van der Waals surface area contributed by atoms with Crippen LogP contribution in [0.3, 0.4) is 0 Å². The highest BCUT2D eigenvalue weighted by Crippen LogP contribution is 2.26. The molecule has 0 fully saturated rings. The van der Waals surface area contributed by atoms with Crippen molar-refractivity contribution in [2.24, 2.45) is 0 Å². The number of hydrogen-bond donors (Lipinski definition) is 2. The minimum Gasteiger partial charge on any atom is -0.341 e. The Morgan fingerprint density at radius 1 is 0.964 bits per heavy atom. The Morgan fingerprint density at radius 3 is 2.39 bits per heavy atom. The largest absolute Gasteiger partial charge is 0.341 e. The molecule has 4 nitrogen and oxygen atoms in total. The topological polar surface area (TPSA) is 58.2 Å². The Bertz CT molecular complexity index is 915. The Balaban J connectivity index is 1.70. The molecule has 2 amide bonds. The Hall–Kier alpha value is -2.83. The van der Waals surface area contributed by atoms with E-state index in [2.05, 4.69) is 17.4 Å². The van der Waals surface area contributed by atoms with Crippen molar-refractivity contribution in [1.29, 1.82) is 0 Å². The van der Waals surface area contributed by atoms with Crippen LogP contribution in [0, 0.1) is 17.5 Å². The van der Waals surface area contributed by atoms with Gasteiger partial charge >= 0.3 is 11.8 Å². The fourth-order valence-electron chi connectivity index (χ4n) is 3.42. The Labute approximate surface area is 161 Å². The standard InChI is InChI=1S/C21H21F3N2O2/c1-2-16(14-8-7-12-5-3-4-6-13(12)11-14)25-20(27)21(28)26-17-10-9-15(22)18(23)19(17)24/h7-11,16H,2-6H2,1H3,(H,25,27)(H,26,28). The second kappa shape index (κ2) is 8.46. The monoisotopic (exact) mass is 390 g/mol. The minimum absolute atomic E-state index is 0.389.